The van der Waals surface area contributed by atoms with Gasteiger partial charge in [-0.3, -0.25) is 4.79 Å². The standard InChI is InChI=1S/C12H16N2O4/c13-6-7-18-8-10(15)14-11(12(16)17)9-4-2-1-3-5-9/h1-5,11H,6-8,13H2,(H,14,15)(H,16,17). The van der Waals surface area contributed by atoms with E-state index in [0.717, 1.165) is 0 Å². The maximum Gasteiger partial charge on any atom is 0.330 e. The summed E-state index contributed by atoms with van der Waals surface area (Å²) >= 11 is 0. The number of nitrogens with one attached hydrogen (secondary N) is 1. The minimum absolute atomic E-state index is 0.201. The van der Waals surface area contributed by atoms with Crippen LogP contribution in [0.4, 0.5) is 0 Å². The smallest absolute Gasteiger partial charge is 0.330 e. The molecule has 1 aromatic carbocycles. The Morgan fingerprint density at radius 3 is 2.56 bits per heavy atom. The Bertz CT molecular complexity index is 394. The molecule has 0 aromatic heterocycles. The normalized spacial score (nSPS) is 11.8. The Balaban J connectivity index is 2.59. The fourth-order valence-corrected chi connectivity index (χ4v) is 1.38. The zero-order valence-corrected chi connectivity index (χ0v) is 9.83. The molecule has 6 nitrogen and oxygen atoms in total. The molecule has 0 spiro atoms. The minimum Gasteiger partial charge on any atom is -0.479 e. The molecule has 0 bridgehead atoms. The third-order valence-corrected chi connectivity index (χ3v) is 2.18. The Morgan fingerprint density at radius 2 is 2.00 bits per heavy atom. The van der Waals surface area contributed by atoms with Gasteiger partial charge >= 0.3 is 5.97 Å². The number of nitrogens with two attached hydrogens (primary N) is 1. The van der Waals surface area contributed by atoms with Gasteiger partial charge in [-0.2, -0.15) is 0 Å². The first kappa shape index (κ1) is 14.1. The van der Waals surface area contributed by atoms with Crippen molar-refractivity contribution < 1.29 is 19.4 Å². The van der Waals surface area contributed by atoms with Crippen LogP contribution in [-0.2, 0) is 14.3 Å². The average molecular weight is 252 g/mol. The Morgan fingerprint density at radius 1 is 1.33 bits per heavy atom. The molecule has 0 aliphatic carbocycles. The molecule has 0 heterocycles. The molecule has 98 valence electrons. The van der Waals surface area contributed by atoms with E-state index in [1.54, 1.807) is 30.3 Å². The summed E-state index contributed by atoms with van der Waals surface area (Å²) in [6.45, 7) is 0.374. The first-order valence-corrected chi connectivity index (χ1v) is 5.50. The molecule has 6 heteroatoms. The molecule has 1 aromatic rings. The summed E-state index contributed by atoms with van der Waals surface area (Å²) in [5.41, 5.74) is 5.72. The molecule has 0 saturated carbocycles. The van der Waals surface area contributed by atoms with Crippen molar-refractivity contribution >= 4 is 11.9 Å². The van der Waals surface area contributed by atoms with Crippen LogP contribution in [0.25, 0.3) is 0 Å². The van der Waals surface area contributed by atoms with Gasteiger partial charge in [0, 0.05) is 6.54 Å². The summed E-state index contributed by atoms with van der Waals surface area (Å²) in [7, 11) is 0. The highest BCUT2D eigenvalue weighted by atomic mass is 16.5. The van der Waals surface area contributed by atoms with Gasteiger partial charge in [-0.15, -0.1) is 0 Å². The van der Waals surface area contributed by atoms with Gasteiger partial charge in [0.2, 0.25) is 5.91 Å². The zero-order chi connectivity index (χ0) is 13.4. The van der Waals surface area contributed by atoms with Crippen molar-refractivity contribution in [1.82, 2.24) is 5.32 Å². The van der Waals surface area contributed by atoms with E-state index in [2.05, 4.69) is 5.32 Å². The predicted octanol–water partition coefficient (Wildman–Crippen LogP) is -0.0962. The highest BCUT2D eigenvalue weighted by Gasteiger charge is 2.21. The number of benzene rings is 1. The molecule has 0 saturated heterocycles. The molecule has 1 atom stereocenters. The van der Waals surface area contributed by atoms with Gasteiger partial charge in [0.1, 0.15) is 6.61 Å². The van der Waals surface area contributed by atoms with Crippen LogP contribution < -0.4 is 11.1 Å². The molecule has 0 fully saturated rings. The lowest BCUT2D eigenvalue weighted by molar-refractivity contribution is -0.142. The van der Waals surface area contributed by atoms with E-state index in [1.807, 2.05) is 0 Å². The van der Waals surface area contributed by atoms with E-state index in [0.29, 0.717) is 12.1 Å². The van der Waals surface area contributed by atoms with Gasteiger partial charge in [-0.05, 0) is 5.56 Å². The molecule has 0 aliphatic rings. The number of hydrogen-bond donors (Lipinski definition) is 3. The van der Waals surface area contributed by atoms with E-state index in [9.17, 15) is 9.59 Å². The van der Waals surface area contributed by atoms with Crippen LogP contribution in [0.5, 0.6) is 0 Å². The van der Waals surface area contributed by atoms with Crippen molar-refractivity contribution in [3.8, 4) is 0 Å². The van der Waals surface area contributed by atoms with Crippen LogP contribution in [0.1, 0.15) is 11.6 Å². The van der Waals surface area contributed by atoms with E-state index in [1.165, 1.54) is 0 Å². The lowest BCUT2D eigenvalue weighted by Crippen LogP contribution is -2.36. The van der Waals surface area contributed by atoms with Gasteiger partial charge < -0.3 is 20.9 Å². The number of carboxylic acid groups (broad SMARTS) is 1. The lowest BCUT2D eigenvalue weighted by atomic mass is 10.1. The predicted molar refractivity (Wildman–Crippen MR) is 64.8 cm³/mol. The fraction of sp³-hybridized carbons (Fsp3) is 0.333. The van der Waals surface area contributed by atoms with Crippen molar-refractivity contribution in [3.63, 3.8) is 0 Å². The minimum atomic E-state index is -1.12. The second-order valence-electron chi connectivity index (χ2n) is 3.59. The summed E-state index contributed by atoms with van der Waals surface area (Å²) in [5, 5.41) is 11.5. The number of carbonyl (C=O) groups excluding carboxylic acids is 1. The first-order valence-electron chi connectivity index (χ1n) is 5.50. The molecule has 4 N–H and O–H groups in total. The number of carboxylic acids is 1. The summed E-state index contributed by atoms with van der Waals surface area (Å²) in [4.78, 5) is 22.6. The number of hydrogen-bond acceptors (Lipinski definition) is 4. The maximum atomic E-state index is 11.5. The molecule has 18 heavy (non-hydrogen) atoms. The van der Waals surface area contributed by atoms with Crippen molar-refractivity contribution in [3.05, 3.63) is 35.9 Å². The molecule has 0 aliphatic heterocycles. The topological polar surface area (TPSA) is 102 Å². The SMILES string of the molecule is NCCOCC(=O)NC(C(=O)O)c1ccccc1. The Kier molecular flexibility index (Phi) is 5.83. The highest BCUT2D eigenvalue weighted by molar-refractivity contribution is 5.85. The second kappa shape index (κ2) is 7.41. The third kappa shape index (κ3) is 4.52. The van der Waals surface area contributed by atoms with Gasteiger partial charge in [0.25, 0.3) is 0 Å². The lowest BCUT2D eigenvalue weighted by Gasteiger charge is -2.14. The number of aliphatic carboxylic acids is 1. The monoisotopic (exact) mass is 252 g/mol. The largest absolute Gasteiger partial charge is 0.479 e. The molecule has 1 rings (SSSR count). The molecule has 1 amide bonds. The summed E-state index contributed by atoms with van der Waals surface area (Å²) in [5.74, 6) is -1.60. The molecule has 0 radical (unpaired) electrons. The van der Waals surface area contributed by atoms with E-state index in [-0.39, 0.29) is 13.2 Å². The second-order valence-corrected chi connectivity index (χ2v) is 3.59. The van der Waals surface area contributed by atoms with Crippen molar-refractivity contribution in [2.24, 2.45) is 5.73 Å². The van der Waals surface area contributed by atoms with Crippen LogP contribution >= 0.6 is 0 Å². The van der Waals surface area contributed by atoms with Crippen LogP contribution in [0.2, 0.25) is 0 Å². The summed E-state index contributed by atoms with van der Waals surface area (Å²) in [6, 6.07) is 7.40. The van der Waals surface area contributed by atoms with E-state index < -0.39 is 17.9 Å². The number of ether oxygens (including phenoxy) is 1. The maximum absolute atomic E-state index is 11.5. The van der Waals surface area contributed by atoms with Crippen molar-refractivity contribution in [2.45, 2.75) is 6.04 Å². The van der Waals surface area contributed by atoms with E-state index >= 15 is 0 Å². The number of carbonyl (C=O) groups is 2. The van der Waals surface area contributed by atoms with Crippen LogP contribution in [-0.4, -0.2) is 36.7 Å². The Labute approximate surface area is 105 Å². The van der Waals surface area contributed by atoms with E-state index in [4.69, 9.17) is 15.6 Å². The molecule has 1 unspecified atom stereocenters. The van der Waals surface area contributed by atoms with Gasteiger partial charge in [-0.25, -0.2) is 4.79 Å². The van der Waals surface area contributed by atoms with Crippen LogP contribution in [0.3, 0.4) is 0 Å². The Hall–Kier alpha value is -1.92. The van der Waals surface area contributed by atoms with Crippen LogP contribution in [0.15, 0.2) is 30.3 Å². The fourth-order valence-electron chi connectivity index (χ4n) is 1.38. The van der Waals surface area contributed by atoms with Gasteiger partial charge in [-0.1, -0.05) is 30.3 Å². The number of rotatable bonds is 7. The average Bonchev–Trinajstić information content (AvgIpc) is 2.37. The third-order valence-electron chi connectivity index (χ3n) is 2.18. The number of amides is 1. The van der Waals surface area contributed by atoms with Crippen molar-refractivity contribution in [2.75, 3.05) is 19.8 Å². The first-order chi connectivity index (χ1) is 8.65. The molecular formula is C12H16N2O4. The van der Waals surface area contributed by atoms with Crippen molar-refractivity contribution in [1.29, 1.82) is 0 Å². The molecular weight excluding hydrogens is 236 g/mol. The van der Waals surface area contributed by atoms with Gasteiger partial charge in [0.05, 0.1) is 6.61 Å². The summed E-state index contributed by atoms with van der Waals surface area (Å²) in [6.07, 6.45) is 0. The zero-order valence-electron chi connectivity index (χ0n) is 9.83. The summed E-state index contributed by atoms with van der Waals surface area (Å²) < 4.78 is 4.93. The quantitative estimate of drug-likeness (QED) is 0.588. The highest BCUT2D eigenvalue weighted by Crippen LogP contribution is 2.12. The van der Waals surface area contributed by atoms with Gasteiger partial charge in [0.15, 0.2) is 6.04 Å². The van der Waals surface area contributed by atoms with Crippen LogP contribution in [0, 0.1) is 0 Å².